The van der Waals surface area contributed by atoms with Crippen LogP contribution in [0.5, 0.6) is 0 Å². The summed E-state index contributed by atoms with van der Waals surface area (Å²) >= 11 is 5.94. The van der Waals surface area contributed by atoms with Crippen molar-refractivity contribution in [2.45, 2.75) is 44.7 Å². The fourth-order valence-corrected chi connectivity index (χ4v) is 5.17. The van der Waals surface area contributed by atoms with Gasteiger partial charge in [-0.3, -0.25) is 0 Å². The first-order valence-electron chi connectivity index (χ1n) is 7.76. The fourth-order valence-electron chi connectivity index (χ4n) is 5.04. The molecule has 0 amide bonds. The SMILES string of the molecule is Clc1ccc(CN[C@H]2C[C@H]3C[C@@H]4C[C@H](C3)[C@H]2C4)cc1. The number of halogens is 1. The Kier molecular flexibility index (Phi) is 3.08. The first kappa shape index (κ1) is 12.2. The Hall–Kier alpha value is -0.530. The Labute approximate surface area is 120 Å². The lowest BCUT2D eigenvalue weighted by molar-refractivity contribution is 0.136. The second-order valence-electron chi connectivity index (χ2n) is 6.95. The fraction of sp³-hybridized carbons (Fsp3) is 0.647. The van der Waals surface area contributed by atoms with E-state index in [9.17, 15) is 0 Å². The minimum atomic E-state index is 0.770. The van der Waals surface area contributed by atoms with Crippen LogP contribution in [0.3, 0.4) is 0 Å². The summed E-state index contributed by atoms with van der Waals surface area (Å²) in [4.78, 5) is 0. The monoisotopic (exact) mass is 275 g/mol. The largest absolute Gasteiger partial charge is 0.310 e. The lowest BCUT2D eigenvalue weighted by atomic mass is 9.70. The smallest absolute Gasteiger partial charge is 0.0406 e. The molecule has 19 heavy (non-hydrogen) atoms. The molecule has 3 aliphatic carbocycles. The van der Waals surface area contributed by atoms with Gasteiger partial charge in [0.25, 0.3) is 0 Å². The van der Waals surface area contributed by atoms with E-state index >= 15 is 0 Å². The average Bonchev–Trinajstić information content (AvgIpc) is 2.63. The second kappa shape index (κ2) is 4.79. The van der Waals surface area contributed by atoms with Crippen LogP contribution in [0.2, 0.25) is 5.02 Å². The van der Waals surface area contributed by atoms with Gasteiger partial charge in [-0.25, -0.2) is 0 Å². The summed E-state index contributed by atoms with van der Waals surface area (Å²) in [6.45, 7) is 1.00. The summed E-state index contributed by atoms with van der Waals surface area (Å²) in [5.41, 5.74) is 1.36. The number of rotatable bonds is 3. The highest BCUT2D eigenvalue weighted by Crippen LogP contribution is 2.55. The van der Waals surface area contributed by atoms with E-state index in [1.807, 2.05) is 12.1 Å². The molecule has 1 nitrogen and oxygen atoms in total. The van der Waals surface area contributed by atoms with Crippen molar-refractivity contribution < 1.29 is 0 Å². The van der Waals surface area contributed by atoms with Crippen molar-refractivity contribution in [1.29, 1.82) is 0 Å². The Balaban J connectivity index is 1.42. The third kappa shape index (κ3) is 2.32. The van der Waals surface area contributed by atoms with Gasteiger partial charge >= 0.3 is 0 Å². The molecule has 0 heterocycles. The van der Waals surface area contributed by atoms with Crippen molar-refractivity contribution in [3.8, 4) is 0 Å². The summed E-state index contributed by atoms with van der Waals surface area (Å²) in [5.74, 6) is 4.09. The molecule has 1 aromatic rings. The molecule has 0 radical (unpaired) electrons. The Morgan fingerprint density at radius 1 is 0.947 bits per heavy atom. The van der Waals surface area contributed by atoms with Crippen LogP contribution < -0.4 is 5.32 Å². The normalized spacial score (nSPS) is 39.7. The topological polar surface area (TPSA) is 12.0 Å². The van der Waals surface area contributed by atoms with E-state index in [0.717, 1.165) is 41.3 Å². The zero-order chi connectivity index (χ0) is 12.8. The van der Waals surface area contributed by atoms with Crippen LogP contribution in [0.15, 0.2) is 24.3 Å². The molecule has 0 saturated heterocycles. The highest BCUT2D eigenvalue weighted by atomic mass is 35.5. The molecule has 0 spiro atoms. The Morgan fingerprint density at radius 3 is 2.47 bits per heavy atom. The standard InChI is InChI=1S/C17H22ClN/c18-15-3-1-11(2-4-15)10-19-17-9-13-5-12-6-14(7-13)16(17)8-12/h1-4,12-14,16-17,19H,5-10H2/t12-,13+,14-,16-,17+/m1/s1. The van der Waals surface area contributed by atoms with Crippen LogP contribution in [0.4, 0.5) is 0 Å². The van der Waals surface area contributed by atoms with Crippen molar-refractivity contribution in [3.05, 3.63) is 34.9 Å². The van der Waals surface area contributed by atoms with Crippen LogP contribution >= 0.6 is 11.6 Å². The maximum absolute atomic E-state index is 5.94. The average molecular weight is 276 g/mol. The van der Waals surface area contributed by atoms with E-state index in [-0.39, 0.29) is 0 Å². The summed E-state index contributed by atoms with van der Waals surface area (Å²) in [6.07, 6.45) is 7.50. The van der Waals surface area contributed by atoms with E-state index in [1.54, 1.807) is 0 Å². The van der Waals surface area contributed by atoms with Gasteiger partial charge in [-0.1, -0.05) is 23.7 Å². The van der Waals surface area contributed by atoms with E-state index in [4.69, 9.17) is 11.6 Å². The number of benzene rings is 1. The lowest BCUT2D eigenvalue weighted by Crippen LogP contribution is -2.42. The van der Waals surface area contributed by atoms with Gasteiger partial charge in [0.05, 0.1) is 0 Å². The molecule has 3 fully saturated rings. The molecular weight excluding hydrogens is 254 g/mol. The minimum absolute atomic E-state index is 0.770. The van der Waals surface area contributed by atoms with Gasteiger partial charge in [0.2, 0.25) is 0 Å². The first-order valence-corrected chi connectivity index (χ1v) is 8.13. The molecule has 0 unspecified atom stereocenters. The van der Waals surface area contributed by atoms with E-state index in [1.165, 1.54) is 37.7 Å². The zero-order valence-electron chi connectivity index (χ0n) is 11.3. The van der Waals surface area contributed by atoms with E-state index in [0.29, 0.717) is 0 Å². The molecule has 102 valence electrons. The third-order valence-electron chi connectivity index (χ3n) is 5.74. The molecule has 3 saturated carbocycles. The summed E-state index contributed by atoms with van der Waals surface area (Å²) in [6, 6.07) is 9.05. The van der Waals surface area contributed by atoms with Gasteiger partial charge in [-0.05, 0) is 73.5 Å². The number of hydrogen-bond donors (Lipinski definition) is 1. The molecule has 4 rings (SSSR count). The molecular formula is C17H22ClN. The van der Waals surface area contributed by atoms with Gasteiger partial charge < -0.3 is 5.32 Å². The highest BCUT2D eigenvalue weighted by molar-refractivity contribution is 6.30. The van der Waals surface area contributed by atoms with Crippen molar-refractivity contribution >= 4 is 11.6 Å². The third-order valence-corrected chi connectivity index (χ3v) is 5.99. The van der Waals surface area contributed by atoms with Crippen LogP contribution in [0, 0.1) is 23.7 Å². The maximum Gasteiger partial charge on any atom is 0.0406 e. The highest BCUT2D eigenvalue weighted by Gasteiger charge is 2.48. The molecule has 3 bridgehead atoms. The summed E-state index contributed by atoms with van der Waals surface area (Å²) in [5, 5.41) is 4.67. The predicted octanol–water partition coefficient (Wildman–Crippen LogP) is 4.25. The van der Waals surface area contributed by atoms with E-state index in [2.05, 4.69) is 17.4 Å². The number of hydrogen-bond acceptors (Lipinski definition) is 1. The quantitative estimate of drug-likeness (QED) is 0.869. The van der Waals surface area contributed by atoms with Crippen molar-refractivity contribution in [1.82, 2.24) is 5.32 Å². The molecule has 2 heteroatoms. The molecule has 1 aromatic carbocycles. The van der Waals surface area contributed by atoms with Crippen molar-refractivity contribution in [2.75, 3.05) is 0 Å². The van der Waals surface area contributed by atoms with Crippen LogP contribution in [-0.2, 0) is 6.54 Å². The first-order chi connectivity index (χ1) is 9.28. The number of fused-ring (bicyclic) bond motifs is 2. The summed E-state index contributed by atoms with van der Waals surface area (Å²) in [7, 11) is 0. The van der Waals surface area contributed by atoms with E-state index < -0.39 is 0 Å². The van der Waals surface area contributed by atoms with Gasteiger partial charge in [-0.15, -0.1) is 0 Å². The molecule has 0 aromatic heterocycles. The molecule has 5 atom stereocenters. The second-order valence-corrected chi connectivity index (χ2v) is 7.38. The Morgan fingerprint density at radius 2 is 1.68 bits per heavy atom. The molecule has 0 aliphatic heterocycles. The van der Waals surface area contributed by atoms with Crippen LogP contribution in [-0.4, -0.2) is 6.04 Å². The zero-order valence-corrected chi connectivity index (χ0v) is 12.1. The number of nitrogens with one attached hydrogen (secondary N) is 1. The Bertz CT molecular complexity index is 453. The minimum Gasteiger partial charge on any atom is -0.310 e. The van der Waals surface area contributed by atoms with Gasteiger partial charge in [-0.2, -0.15) is 0 Å². The van der Waals surface area contributed by atoms with Gasteiger partial charge in [0.15, 0.2) is 0 Å². The predicted molar refractivity (Wildman–Crippen MR) is 79.1 cm³/mol. The lowest BCUT2D eigenvalue weighted by Gasteiger charge is -2.40. The van der Waals surface area contributed by atoms with Gasteiger partial charge in [0.1, 0.15) is 0 Å². The van der Waals surface area contributed by atoms with Crippen LogP contribution in [0.1, 0.15) is 37.7 Å². The molecule has 1 N–H and O–H groups in total. The van der Waals surface area contributed by atoms with Crippen LogP contribution in [0.25, 0.3) is 0 Å². The van der Waals surface area contributed by atoms with Crippen molar-refractivity contribution in [2.24, 2.45) is 23.7 Å². The molecule has 3 aliphatic rings. The maximum atomic E-state index is 5.94. The van der Waals surface area contributed by atoms with Gasteiger partial charge in [0, 0.05) is 17.6 Å². The van der Waals surface area contributed by atoms with Crippen molar-refractivity contribution in [3.63, 3.8) is 0 Å². The summed E-state index contributed by atoms with van der Waals surface area (Å²) < 4.78 is 0.